The van der Waals surface area contributed by atoms with E-state index in [0.717, 1.165) is 16.8 Å². The first-order chi connectivity index (χ1) is 12.2. The van der Waals surface area contributed by atoms with Crippen molar-refractivity contribution in [2.24, 2.45) is 0 Å². The number of amides is 1. The number of aromatic nitrogens is 3. The van der Waals surface area contributed by atoms with E-state index in [0.29, 0.717) is 24.7 Å². The lowest BCUT2D eigenvalue weighted by Gasteiger charge is -2.08. The number of benzene rings is 1. The molecule has 2 N–H and O–H groups in total. The maximum absolute atomic E-state index is 12.3. The van der Waals surface area contributed by atoms with Crippen molar-refractivity contribution < 1.29 is 4.79 Å². The van der Waals surface area contributed by atoms with Crippen LogP contribution >= 0.6 is 0 Å². The fourth-order valence-corrected chi connectivity index (χ4v) is 2.34. The second kappa shape index (κ2) is 8.01. The molecule has 1 aromatic carbocycles. The van der Waals surface area contributed by atoms with Crippen molar-refractivity contribution in [1.29, 1.82) is 0 Å². The SMILES string of the molecule is Cc1cccc(CNC(=O)c2ccnc(NCc3ccccn3)n2)c1. The molecule has 3 aromatic rings. The third kappa shape index (κ3) is 4.84. The van der Waals surface area contributed by atoms with Crippen LogP contribution in [0.2, 0.25) is 0 Å². The summed E-state index contributed by atoms with van der Waals surface area (Å²) in [7, 11) is 0. The van der Waals surface area contributed by atoms with Crippen LogP contribution in [-0.2, 0) is 13.1 Å². The van der Waals surface area contributed by atoms with Crippen LogP contribution in [0.25, 0.3) is 0 Å². The highest BCUT2D eigenvalue weighted by Crippen LogP contribution is 2.06. The molecule has 0 aliphatic rings. The maximum atomic E-state index is 12.3. The molecule has 2 aromatic heterocycles. The standard InChI is InChI=1S/C19H19N5O/c1-14-5-4-6-15(11-14)12-22-18(25)17-8-10-21-19(24-17)23-13-16-7-2-3-9-20-16/h2-11H,12-13H2,1H3,(H,22,25)(H,21,23,24). The van der Waals surface area contributed by atoms with Crippen molar-refractivity contribution in [3.8, 4) is 0 Å². The van der Waals surface area contributed by atoms with Crippen molar-refractivity contribution >= 4 is 11.9 Å². The Hall–Kier alpha value is -3.28. The van der Waals surface area contributed by atoms with Gasteiger partial charge in [0.1, 0.15) is 5.69 Å². The van der Waals surface area contributed by atoms with E-state index in [-0.39, 0.29) is 5.91 Å². The van der Waals surface area contributed by atoms with Gasteiger partial charge in [-0.2, -0.15) is 0 Å². The lowest BCUT2D eigenvalue weighted by atomic mass is 10.1. The summed E-state index contributed by atoms with van der Waals surface area (Å²) in [4.78, 5) is 24.9. The molecule has 0 saturated heterocycles. The Morgan fingerprint density at radius 3 is 2.72 bits per heavy atom. The second-order valence-corrected chi connectivity index (χ2v) is 5.61. The van der Waals surface area contributed by atoms with Crippen molar-refractivity contribution in [3.63, 3.8) is 0 Å². The second-order valence-electron chi connectivity index (χ2n) is 5.61. The molecule has 25 heavy (non-hydrogen) atoms. The monoisotopic (exact) mass is 333 g/mol. The first-order valence-corrected chi connectivity index (χ1v) is 8.01. The molecule has 126 valence electrons. The van der Waals surface area contributed by atoms with Gasteiger partial charge < -0.3 is 10.6 Å². The van der Waals surface area contributed by atoms with E-state index >= 15 is 0 Å². The summed E-state index contributed by atoms with van der Waals surface area (Å²) in [6.07, 6.45) is 3.29. The van der Waals surface area contributed by atoms with Crippen molar-refractivity contribution in [2.75, 3.05) is 5.32 Å². The molecule has 0 unspecified atom stereocenters. The lowest BCUT2D eigenvalue weighted by molar-refractivity contribution is 0.0946. The number of anilines is 1. The Bertz CT molecular complexity index is 851. The van der Waals surface area contributed by atoms with Crippen molar-refractivity contribution in [3.05, 3.63) is 83.4 Å². The van der Waals surface area contributed by atoms with Gasteiger partial charge in [0.2, 0.25) is 5.95 Å². The topological polar surface area (TPSA) is 79.8 Å². The Morgan fingerprint density at radius 2 is 1.92 bits per heavy atom. The summed E-state index contributed by atoms with van der Waals surface area (Å²) in [6, 6.07) is 15.3. The van der Waals surface area contributed by atoms with Crippen LogP contribution in [0.4, 0.5) is 5.95 Å². The van der Waals surface area contributed by atoms with Crippen LogP contribution in [-0.4, -0.2) is 20.9 Å². The molecular formula is C19H19N5O. The Morgan fingerprint density at radius 1 is 1.00 bits per heavy atom. The van der Waals surface area contributed by atoms with Gasteiger partial charge in [0.15, 0.2) is 0 Å². The van der Waals surface area contributed by atoms with Gasteiger partial charge in [0.25, 0.3) is 5.91 Å². The molecule has 0 atom stereocenters. The number of hydrogen-bond donors (Lipinski definition) is 2. The maximum Gasteiger partial charge on any atom is 0.270 e. The van der Waals surface area contributed by atoms with E-state index in [2.05, 4.69) is 25.6 Å². The van der Waals surface area contributed by atoms with Gasteiger partial charge >= 0.3 is 0 Å². The minimum absolute atomic E-state index is 0.232. The Kier molecular flexibility index (Phi) is 5.31. The van der Waals surface area contributed by atoms with Gasteiger partial charge in [0.05, 0.1) is 12.2 Å². The average molecular weight is 333 g/mol. The predicted molar refractivity (Wildman–Crippen MR) is 95.9 cm³/mol. The molecule has 0 bridgehead atoms. The molecule has 6 heteroatoms. The van der Waals surface area contributed by atoms with Crippen LogP contribution < -0.4 is 10.6 Å². The van der Waals surface area contributed by atoms with Crippen molar-refractivity contribution in [2.45, 2.75) is 20.0 Å². The van der Waals surface area contributed by atoms with Gasteiger partial charge in [-0.1, -0.05) is 35.9 Å². The number of rotatable bonds is 6. The molecule has 0 aliphatic carbocycles. The number of hydrogen-bond acceptors (Lipinski definition) is 5. The molecule has 1 amide bonds. The van der Waals surface area contributed by atoms with Crippen LogP contribution in [0.3, 0.4) is 0 Å². The van der Waals surface area contributed by atoms with Gasteiger partial charge in [-0.25, -0.2) is 9.97 Å². The summed E-state index contributed by atoms with van der Waals surface area (Å²) in [5, 5.41) is 5.95. The van der Waals surface area contributed by atoms with Crippen LogP contribution in [0.15, 0.2) is 60.9 Å². The van der Waals surface area contributed by atoms with E-state index in [4.69, 9.17) is 0 Å². The van der Waals surface area contributed by atoms with Gasteiger partial charge in [-0.3, -0.25) is 9.78 Å². The number of nitrogens with zero attached hydrogens (tertiary/aromatic N) is 3. The van der Waals surface area contributed by atoms with Gasteiger partial charge in [-0.15, -0.1) is 0 Å². The van der Waals surface area contributed by atoms with E-state index in [1.165, 1.54) is 0 Å². The fraction of sp³-hybridized carbons (Fsp3) is 0.158. The Labute approximate surface area is 146 Å². The fourth-order valence-electron chi connectivity index (χ4n) is 2.34. The zero-order chi connectivity index (χ0) is 17.5. The molecule has 0 saturated carbocycles. The molecule has 0 fully saturated rings. The number of carbonyl (C=O) groups excluding carboxylic acids is 1. The summed E-state index contributed by atoms with van der Waals surface area (Å²) >= 11 is 0. The smallest absolute Gasteiger partial charge is 0.270 e. The van der Waals surface area contributed by atoms with Crippen LogP contribution in [0.5, 0.6) is 0 Å². The first-order valence-electron chi connectivity index (χ1n) is 8.01. The van der Waals surface area contributed by atoms with Gasteiger partial charge in [0, 0.05) is 18.9 Å². The average Bonchev–Trinajstić information content (AvgIpc) is 2.65. The number of nitrogens with one attached hydrogen (secondary N) is 2. The molecule has 0 aliphatic heterocycles. The number of aryl methyl sites for hydroxylation is 1. The van der Waals surface area contributed by atoms with Crippen LogP contribution in [0.1, 0.15) is 27.3 Å². The molecule has 2 heterocycles. The van der Waals surface area contributed by atoms with E-state index < -0.39 is 0 Å². The minimum atomic E-state index is -0.232. The first kappa shape index (κ1) is 16.6. The third-order valence-electron chi connectivity index (χ3n) is 3.58. The zero-order valence-electron chi connectivity index (χ0n) is 13.9. The number of carbonyl (C=O) groups is 1. The van der Waals surface area contributed by atoms with Gasteiger partial charge in [-0.05, 0) is 30.7 Å². The quantitative estimate of drug-likeness (QED) is 0.725. The Balaban J connectivity index is 1.59. The normalized spacial score (nSPS) is 10.3. The lowest BCUT2D eigenvalue weighted by Crippen LogP contribution is -2.24. The highest BCUT2D eigenvalue weighted by atomic mass is 16.1. The molecule has 0 radical (unpaired) electrons. The number of pyridine rings is 1. The van der Waals surface area contributed by atoms with Crippen molar-refractivity contribution in [1.82, 2.24) is 20.3 Å². The molecule has 3 rings (SSSR count). The summed E-state index contributed by atoms with van der Waals surface area (Å²) in [5.74, 6) is 0.165. The predicted octanol–water partition coefficient (Wildman–Crippen LogP) is 2.72. The molecule has 6 nitrogen and oxygen atoms in total. The summed E-state index contributed by atoms with van der Waals surface area (Å²) < 4.78 is 0. The third-order valence-corrected chi connectivity index (χ3v) is 3.58. The molecular weight excluding hydrogens is 314 g/mol. The minimum Gasteiger partial charge on any atom is -0.349 e. The molecule has 0 spiro atoms. The highest BCUT2D eigenvalue weighted by Gasteiger charge is 2.08. The largest absolute Gasteiger partial charge is 0.349 e. The van der Waals surface area contributed by atoms with E-state index in [1.807, 2.05) is 49.4 Å². The zero-order valence-corrected chi connectivity index (χ0v) is 13.9. The van der Waals surface area contributed by atoms with Crippen LogP contribution in [0, 0.1) is 6.92 Å². The summed E-state index contributed by atoms with van der Waals surface area (Å²) in [6.45, 7) is 2.98. The van der Waals surface area contributed by atoms with E-state index in [1.54, 1.807) is 18.5 Å². The summed E-state index contributed by atoms with van der Waals surface area (Å²) in [5.41, 5.74) is 3.41. The highest BCUT2D eigenvalue weighted by molar-refractivity contribution is 5.92. The van der Waals surface area contributed by atoms with E-state index in [9.17, 15) is 4.79 Å².